The second-order valence-electron chi connectivity index (χ2n) is 8.65. The Morgan fingerprint density at radius 3 is 2.59 bits per heavy atom. The molecule has 8 nitrogen and oxygen atoms in total. The quantitative estimate of drug-likeness (QED) is 0.617. The van der Waals surface area contributed by atoms with E-state index in [1.54, 1.807) is 63.7 Å². The van der Waals surface area contributed by atoms with Crippen LogP contribution in [0.3, 0.4) is 0 Å². The molecule has 2 fully saturated rings. The first-order valence-corrected chi connectivity index (χ1v) is 12.4. The highest BCUT2D eigenvalue weighted by atomic mass is 32.2. The minimum Gasteiger partial charge on any atom is -0.348 e. The van der Waals surface area contributed by atoms with Crippen molar-refractivity contribution in [3.8, 4) is 0 Å². The number of aromatic nitrogens is 2. The highest BCUT2D eigenvalue weighted by Crippen LogP contribution is 2.32. The maximum absolute atomic E-state index is 13.1. The Balaban J connectivity index is 1.20. The van der Waals surface area contributed by atoms with E-state index < -0.39 is 10.0 Å². The molecule has 1 aromatic carbocycles. The van der Waals surface area contributed by atoms with E-state index in [0.29, 0.717) is 30.1 Å². The molecule has 0 saturated carbocycles. The molecular formula is C23H27N5O3S. The number of nitrogens with one attached hydrogen (secondary N) is 2. The number of carbonyl (C=O) groups is 1. The lowest BCUT2D eigenvalue weighted by Gasteiger charge is -2.38. The van der Waals surface area contributed by atoms with Crippen molar-refractivity contribution in [2.24, 2.45) is 0 Å². The SMILES string of the molecule is O=C(NCc1ccc(S(=O)(=O)N2CCC3(CCCN3)CC2)cc1)c1ccc2nccn2c1. The standard InChI is InChI=1S/C23H27N5O3S/c29-22(19-4-7-21-24-12-15-27(21)17-19)25-16-18-2-5-20(6-3-18)32(30,31)28-13-9-23(10-14-28)8-1-11-26-23/h2-7,12,15,17,26H,1,8-11,13-14,16H2,(H,25,29). The third kappa shape index (κ3) is 4.03. The van der Waals surface area contributed by atoms with Gasteiger partial charge in [0.05, 0.1) is 10.5 Å². The lowest BCUT2D eigenvalue weighted by Crippen LogP contribution is -2.51. The number of pyridine rings is 1. The third-order valence-electron chi connectivity index (χ3n) is 6.68. The predicted molar refractivity (Wildman–Crippen MR) is 121 cm³/mol. The van der Waals surface area contributed by atoms with E-state index in [9.17, 15) is 13.2 Å². The number of hydrogen-bond acceptors (Lipinski definition) is 5. The van der Waals surface area contributed by atoms with Gasteiger partial charge in [0.1, 0.15) is 5.65 Å². The summed E-state index contributed by atoms with van der Waals surface area (Å²) in [6, 6.07) is 10.3. The van der Waals surface area contributed by atoms with E-state index in [2.05, 4.69) is 15.6 Å². The number of imidazole rings is 1. The fraction of sp³-hybridized carbons (Fsp3) is 0.391. The van der Waals surface area contributed by atoms with Crippen LogP contribution in [0, 0.1) is 0 Å². The van der Waals surface area contributed by atoms with Crippen LogP contribution in [0.5, 0.6) is 0 Å². The summed E-state index contributed by atoms with van der Waals surface area (Å²) in [7, 11) is -3.51. The molecule has 1 spiro atoms. The van der Waals surface area contributed by atoms with Crippen molar-refractivity contribution in [3.63, 3.8) is 0 Å². The van der Waals surface area contributed by atoms with Crippen LogP contribution in [0.4, 0.5) is 0 Å². The molecule has 168 valence electrons. The van der Waals surface area contributed by atoms with Gasteiger partial charge in [-0.2, -0.15) is 4.31 Å². The van der Waals surface area contributed by atoms with E-state index in [0.717, 1.165) is 37.0 Å². The Morgan fingerprint density at radius 2 is 1.88 bits per heavy atom. The van der Waals surface area contributed by atoms with Crippen LogP contribution in [-0.4, -0.2) is 53.2 Å². The molecule has 2 N–H and O–H groups in total. The van der Waals surface area contributed by atoms with Crippen molar-refractivity contribution in [2.75, 3.05) is 19.6 Å². The summed E-state index contributed by atoms with van der Waals surface area (Å²) in [5.41, 5.74) is 2.29. The Bertz CT molecular complexity index is 1220. The summed E-state index contributed by atoms with van der Waals surface area (Å²) in [4.78, 5) is 16.9. The summed E-state index contributed by atoms with van der Waals surface area (Å²) in [5, 5.41) is 6.46. The summed E-state index contributed by atoms with van der Waals surface area (Å²) in [5.74, 6) is -0.194. The number of rotatable bonds is 5. The second kappa shape index (κ2) is 8.31. The molecule has 2 aliphatic rings. The minimum absolute atomic E-state index is 0.135. The molecule has 4 heterocycles. The molecule has 3 aromatic rings. The van der Waals surface area contributed by atoms with Gasteiger partial charge in [0.2, 0.25) is 10.0 Å². The fourth-order valence-electron chi connectivity index (χ4n) is 4.72. The van der Waals surface area contributed by atoms with Crippen molar-refractivity contribution >= 4 is 21.6 Å². The van der Waals surface area contributed by atoms with E-state index in [4.69, 9.17) is 0 Å². The molecule has 2 aliphatic heterocycles. The van der Waals surface area contributed by atoms with Gasteiger partial charge in [0.25, 0.3) is 5.91 Å². The lowest BCUT2D eigenvalue weighted by molar-refractivity contribution is 0.0950. The number of sulfonamides is 1. The van der Waals surface area contributed by atoms with Crippen LogP contribution in [0.15, 0.2) is 59.9 Å². The average molecular weight is 454 g/mol. The average Bonchev–Trinajstić information content (AvgIpc) is 3.47. The van der Waals surface area contributed by atoms with Crippen LogP contribution in [0.2, 0.25) is 0 Å². The molecule has 0 bridgehead atoms. The molecule has 1 amide bonds. The second-order valence-corrected chi connectivity index (χ2v) is 10.6. The van der Waals surface area contributed by atoms with Crippen LogP contribution in [-0.2, 0) is 16.6 Å². The number of carbonyl (C=O) groups excluding carboxylic acids is 1. The van der Waals surface area contributed by atoms with Crippen molar-refractivity contribution in [1.82, 2.24) is 24.3 Å². The summed E-state index contributed by atoms with van der Waals surface area (Å²) in [6.45, 7) is 2.45. The number of benzene rings is 1. The van der Waals surface area contributed by atoms with Gasteiger partial charge in [-0.3, -0.25) is 4.79 Å². The fourth-order valence-corrected chi connectivity index (χ4v) is 6.16. The topological polar surface area (TPSA) is 95.8 Å². The molecule has 5 rings (SSSR count). The molecular weight excluding hydrogens is 426 g/mol. The van der Waals surface area contributed by atoms with Crippen molar-refractivity contribution in [2.45, 2.75) is 42.7 Å². The summed E-state index contributed by atoms with van der Waals surface area (Å²) >= 11 is 0. The normalized spacial score (nSPS) is 18.9. The zero-order chi connectivity index (χ0) is 22.2. The summed E-state index contributed by atoms with van der Waals surface area (Å²) < 4.78 is 29.5. The number of nitrogens with zero attached hydrogens (tertiary/aromatic N) is 3. The van der Waals surface area contributed by atoms with E-state index in [1.165, 1.54) is 6.42 Å². The first-order valence-electron chi connectivity index (χ1n) is 11.0. The molecule has 0 unspecified atom stereocenters. The van der Waals surface area contributed by atoms with Crippen LogP contribution >= 0.6 is 0 Å². The van der Waals surface area contributed by atoms with Crippen molar-refractivity contribution < 1.29 is 13.2 Å². The minimum atomic E-state index is -3.51. The highest BCUT2D eigenvalue weighted by Gasteiger charge is 2.39. The number of fused-ring (bicyclic) bond motifs is 1. The van der Waals surface area contributed by atoms with Gasteiger partial charge in [-0.15, -0.1) is 0 Å². The van der Waals surface area contributed by atoms with E-state index in [1.807, 2.05) is 0 Å². The molecule has 2 aromatic heterocycles. The monoisotopic (exact) mass is 453 g/mol. The number of hydrogen-bond donors (Lipinski definition) is 2. The zero-order valence-corrected chi connectivity index (χ0v) is 18.6. The van der Waals surface area contributed by atoms with Crippen LogP contribution in [0.1, 0.15) is 41.6 Å². The molecule has 0 aliphatic carbocycles. The van der Waals surface area contributed by atoms with Crippen molar-refractivity contribution in [1.29, 1.82) is 0 Å². The number of amides is 1. The van der Waals surface area contributed by atoms with Crippen LogP contribution in [0.25, 0.3) is 5.65 Å². The van der Waals surface area contributed by atoms with Crippen molar-refractivity contribution in [3.05, 3.63) is 66.1 Å². The van der Waals surface area contributed by atoms with Crippen LogP contribution < -0.4 is 10.6 Å². The Morgan fingerprint density at radius 1 is 1.09 bits per heavy atom. The van der Waals surface area contributed by atoms with Gasteiger partial charge >= 0.3 is 0 Å². The number of piperidine rings is 1. The van der Waals surface area contributed by atoms with Gasteiger partial charge in [0.15, 0.2) is 0 Å². The van der Waals surface area contributed by atoms with Gasteiger partial charge in [0, 0.05) is 43.8 Å². The molecule has 9 heteroatoms. The predicted octanol–water partition coefficient (Wildman–Crippen LogP) is 2.17. The van der Waals surface area contributed by atoms with E-state index >= 15 is 0 Å². The summed E-state index contributed by atoms with van der Waals surface area (Å²) in [6.07, 6.45) is 9.23. The maximum atomic E-state index is 13.1. The largest absolute Gasteiger partial charge is 0.348 e. The first kappa shape index (κ1) is 21.1. The van der Waals surface area contributed by atoms with Gasteiger partial charge < -0.3 is 15.0 Å². The van der Waals surface area contributed by atoms with Gasteiger partial charge in [-0.1, -0.05) is 12.1 Å². The smallest absolute Gasteiger partial charge is 0.253 e. The molecule has 0 atom stereocenters. The van der Waals surface area contributed by atoms with Gasteiger partial charge in [-0.25, -0.2) is 13.4 Å². The van der Waals surface area contributed by atoms with Gasteiger partial charge in [-0.05, 0) is 62.1 Å². The Labute approximate surface area is 187 Å². The Hall–Kier alpha value is -2.75. The van der Waals surface area contributed by atoms with E-state index in [-0.39, 0.29) is 11.4 Å². The highest BCUT2D eigenvalue weighted by molar-refractivity contribution is 7.89. The maximum Gasteiger partial charge on any atom is 0.253 e. The zero-order valence-electron chi connectivity index (χ0n) is 17.8. The molecule has 2 saturated heterocycles. The molecule has 32 heavy (non-hydrogen) atoms. The third-order valence-corrected chi connectivity index (χ3v) is 8.59. The molecule has 0 radical (unpaired) electrons. The first-order chi connectivity index (χ1) is 15.5. The Kier molecular flexibility index (Phi) is 5.48. The lowest BCUT2D eigenvalue weighted by atomic mass is 9.87.